The number of nitrogens with two attached hydrogens (primary N) is 1. The van der Waals surface area contributed by atoms with Crippen LogP contribution in [-0.2, 0) is 13.0 Å². The molecule has 0 aromatic heterocycles. The minimum atomic E-state index is 0.854. The average molecular weight is 252 g/mol. The molecule has 1 heterocycles. The van der Waals surface area contributed by atoms with Crippen molar-refractivity contribution >= 4 is 11.4 Å². The number of hydrogen-bond donors (Lipinski definition) is 1. The summed E-state index contributed by atoms with van der Waals surface area (Å²) in [5, 5.41) is 0. The molecule has 0 saturated carbocycles. The summed E-state index contributed by atoms with van der Waals surface area (Å²) in [5.41, 5.74) is 13.7. The van der Waals surface area contributed by atoms with E-state index >= 15 is 0 Å². The predicted octanol–water partition coefficient (Wildman–Crippen LogP) is 3.45. The molecule has 2 aromatic rings. The molecule has 2 nitrogen and oxygen atoms in total. The molecule has 0 unspecified atom stereocenters. The number of nitrogen functional groups attached to an aromatic ring is 1. The van der Waals surface area contributed by atoms with E-state index in [1.807, 2.05) is 6.07 Å². The lowest BCUT2D eigenvalue weighted by Gasteiger charge is -2.22. The number of aryl methyl sites for hydroxylation is 2. The maximum absolute atomic E-state index is 5.92. The fourth-order valence-corrected chi connectivity index (χ4v) is 2.92. The van der Waals surface area contributed by atoms with Crippen LogP contribution < -0.4 is 10.6 Å². The second-order valence-corrected chi connectivity index (χ2v) is 5.43. The minimum Gasteiger partial charge on any atom is -0.399 e. The Hall–Kier alpha value is -1.96. The molecular formula is C17H20N2. The first-order chi connectivity index (χ1) is 9.15. The molecular weight excluding hydrogens is 232 g/mol. The topological polar surface area (TPSA) is 29.3 Å². The number of nitrogens with zero attached hydrogens (tertiary/aromatic N) is 1. The van der Waals surface area contributed by atoms with Crippen molar-refractivity contribution < 1.29 is 0 Å². The molecule has 2 heteroatoms. The normalized spacial score (nSPS) is 13.7. The van der Waals surface area contributed by atoms with Crippen LogP contribution in [0.2, 0.25) is 0 Å². The largest absolute Gasteiger partial charge is 0.399 e. The van der Waals surface area contributed by atoms with E-state index in [1.54, 1.807) is 0 Å². The highest BCUT2D eigenvalue weighted by Gasteiger charge is 2.20. The molecule has 0 saturated heterocycles. The molecule has 19 heavy (non-hydrogen) atoms. The average Bonchev–Trinajstić information content (AvgIpc) is 2.76. The van der Waals surface area contributed by atoms with Crippen molar-refractivity contribution in [1.29, 1.82) is 0 Å². The van der Waals surface area contributed by atoms with Crippen LogP contribution in [0.5, 0.6) is 0 Å². The Bertz CT molecular complexity index is 596. The van der Waals surface area contributed by atoms with Crippen molar-refractivity contribution in [3.05, 3.63) is 58.7 Å². The van der Waals surface area contributed by atoms with Gasteiger partial charge in [0, 0.05) is 24.5 Å². The fraction of sp³-hybridized carbons (Fsp3) is 0.294. The van der Waals surface area contributed by atoms with E-state index in [0.29, 0.717) is 0 Å². The van der Waals surface area contributed by atoms with Crippen LogP contribution in [0.15, 0.2) is 36.4 Å². The van der Waals surface area contributed by atoms with Crippen molar-refractivity contribution in [3.8, 4) is 0 Å². The van der Waals surface area contributed by atoms with E-state index in [4.69, 9.17) is 5.73 Å². The van der Waals surface area contributed by atoms with Gasteiger partial charge < -0.3 is 10.6 Å². The molecule has 0 aliphatic carbocycles. The van der Waals surface area contributed by atoms with Crippen LogP contribution in [0.4, 0.5) is 11.4 Å². The van der Waals surface area contributed by atoms with Crippen molar-refractivity contribution in [2.75, 3.05) is 17.2 Å². The van der Waals surface area contributed by atoms with Crippen molar-refractivity contribution in [3.63, 3.8) is 0 Å². The number of hydrogen-bond acceptors (Lipinski definition) is 2. The molecule has 1 aliphatic rings. The van der Waals surface area contributed by atoms with Crippen LogP contribution in [0.1, 0.15) is 22.3 Å². The molecule has 0 amide bonds. The van der Waals surface area contributed by atoms with E-state index in [0.717, 1.165) is 25.2 Å². The Morgan fingerprint density at radius 2 is 1.84 bits per heavy atom. The fourth-order valence-electron chi connectivity index (χ4n) is 2.92. The third-order valence-electron chi connectivity index (χ3n) is 4.09. The maximum Gasteiger partial charge on any atom is 0.0434 e. The smallest absolute Gasteiger partial charge is 0.0434 e. The van der Waals surface area contributed by atoms with Gasteiger partial charge in [0.2, 0.25) is 0 Å². The highest BCUT2D eigenvalue weighted by atomic mass is 15.1. The summed E-state index contributed by atoms with van der Waals surface area (Å²) >= 11 is 0. The lowest BCUT2D eigenvalue weighted by Crippen LogP contribution is -2.21. The summed E-state index contributed by atoms with van der Waals surface area (Å²) in [6.07, 6.45) is 1.13. The predicted molar refractivity (Wildman–Crippen MR) is 81.5 cm³/mol. The van der Waals surface area contributed by atoms with E-state index in [1.165, 1.54) is 27.9 Å². The van der Waals surface area contributed by atoms with Crippen LogP contribution >= 0.6 is 0 Å². The van der Waals surface area contributed by atoms with E-state index in [-0.39, 0.29) is 0 Å². The van der Waals surface area contributed by atoms with Gasteiger partial charge in [0.05, 0.1) is 0 Å². The molecule has 3 rings (SSSR count). The van der Waals surface area contributed by atoms with Gasteiger partial charge in [-0.05, 0) is 54.7 Å². The maximum atomic E-state index is 5.92. The van der Waals surface area contributed by atoms with Gasteiger partial charge in [0.1, 0.15) is 0 Å². The van der Waals surface area contributed by atoms with Gasteiger partial charge in [-0.15, -0.1) is 0 Å². The monoisotopic (exact) mass is 252 g/mol. The van der Waals surface area contributed by atoms with Gasteiger partial charge in [0.15, 0.2) is 0 Å². The molecule has 0 atom stereocenters. The van der Waals surface area contributed by atoms with Crippen LogP contribution in [0, 0.1) is 13.8 Å². The second kappa shape index (κ2) is 4.61. The summed E-state index contributed by atoms with van der Waals surface area (Å²) < 4.78 is 0. The minimum absolute atomic E-state index is 0.854. The van der Waals surface area contributed by atoms with E-state index in [2.05, 4.69) is 49.1 Å². The molecule has 0 fully saturated rings. The van der Waals surface area contributed by atoms with E-state index in [9.17, 15) is 0 Å². The van der Waals surface area contributed by atoms with Gasteiger partial charge in [-0.3, -0.25) is 0 Å². The standard InChI is InChI=1S/C17H20N2/c1-12-4-3-5-13(2)16(12)11-19-9-8-14-6-7-15(18)10-17(14)19/h3-7,10H,8-9,11,18H2,1-2H3. The van der Waals surface area contributed by atoms with Crippen LogP contribution in [0.25, 0.3) is 0 Å². The van der Waals surface area contributed by atoms with Gasteiger partial charge in [-0.1, -0.05) is 24.3 Å². The summed E-state index contributed by atoms with van der Waals surface area (Å²) in [4.78, 5) is 2.45. The SMILES string of the molecule is Cc1cccc(C)c1CN1CCc2ccc(N)cc21. The Labute approximate surface area is 114 Å². The number of benzene rings is 2. The summed E-state index contributed by atoms with van der Waals surface area (Å²) in [7, 11) is 0. The number of rotatable bonds is 2. The third kappa shape index (κ3) is 2.19. The number of anilines is 2. The van der Waals surface area contributed by atoms with Gasteiger partial charge in [-0.25, -0.2) is 0 Å². The van der Waals surface area contributed by atoms with Gasteiger partial charge in [-0.2, -0.15) is 0 Å². The first kappa shape index (κ1) is 12.1. The van der Waals surface area contributed by atoms with E-state index < -0.39 is 0 Å². The zero-order chi connectivity index (χ0) is 13.4. The molecule has 0 bridgehead atoms. The van der Waals surface area contributed by atoms with Gasteiger partial charge >= 0.3 is 0 Å². The first-order valence-electron chi connectivity index (χ1n) is 6.83. The first-order valence-corrected chi connectivity index (χ1v) is 6.83. The number of fused-ring (bicyclic) bond motifs is 1. The molecule has 2 N–H and O–H groups in total. The third-order valence-corrected chi connectivity index (χ3v) is 4.09. The molecule has 0 spiro atoms. The van der Waals surface area contributed by atoms with Crippen molar-refractivity contribution in [2.45, 2.75) is 26.8 Å². The summed E-state index contributed by atoms with van der Waals surface area (Å²) in [6, 6.07) is 12.8. The highest BCUT2D eigenvalue weighted by Crippen LogP contribution is 2.32. The lowest BCUT2D eigenvalue weighted by molar-refractivity contribution is 0.826. The Balaban J connectivity index is 1.93. The molecule has 98 valence electrons. The van der Waals surface area contributed by atoms with Crippen LogP contribution in [-0.4, -0.2) is 6.54 Å². The molecule has 0 radical (unpaired) electrons. The molecule has 1 aliphatic heterocycles. The highest BCUT2D eigenvalue weighted by molar-refractivity contribution is 5.64. The summed E-state index contributed by atoms with van der Waals surface area (Å²) in [5.74, 6) is 0. The Morgan fingerprint density at radius 3 is 2.58 bits per heavy atom. The molecule has 2 aromatic carbocycles. The zero-order valence-electron chi connectivity index (χ0n) is 11.6. The quantitative estimate of drug-likeness (QED) is 0.829. The van der Waals surface area contributed by atoms with Crippen molar-refractivity contribution in [2.24, 2.45) is 0 Å². The van der Waals surface area contributed by atoms with Crippen molar-refractivity contribution in [1.82, 2.24) is 0 Å². The zero-order valence-corrected chi connectivity index (χ0v) is 11.6. The lowest BCUT2D eigenvalue weighted by atomic mass is 10.0. The Kier molecular flexibility index (Phi) is 2.94. The summed E-state index contributed by atoms with van der Waals surface area (Å²) in [6.45, 7) is 6.46. The second-order valence-electron chi connectivity index (χ2n) is 5.43. The Morgan fingerprint density at radius 1 is 1.11 bits per heavy atom. The van der Waals surface area contributed by atoms with Gasteiger partial charge in [0.25, 0.3) is 0 Å². The van der Waals surface area contributed by atoms with Crippen LogP contribution in [0.3, 0.4) is 0 Å².